The van der Waals surface area contributed by atoms with Crippen LogP contribution in [0, 0.1) is 0 Å². The van der Waals surface area contributed by atoms with Crippen molar-refractivity contribution in [2.75, 3.05) is 23.4 Å². The molecule has 0 atom stereocenters. The van der Waals surface area contributed by atoms with E-state index in [0.717, 1.165) is 11.0 Å². The van der Waals surface area contributed by atoms with E-state index in [1.54, 1.807) is 0 Å². The first kappa shape index (κ1) is 13.8. The standard InChI is InChI=1S/C15H18BrNS/c1-2-18-9-3-8-17-15-7-5-12-10-14(16)6-4-13(12)11-15/h4-7,10-11,17H,2-3,8-9H2,1H3. The van der Waals surface area contributed by atoms with E-state index in [-0.39, 0.29) is 0 Å². The molecule has 2 aromatic carbocycles. The van der Waals surface area contributed by atoms with E-state index in [0.29, 0.717) is 0 Å². The van der Waals surface area contributed by atoms with Crippen molar-refractivity contribution in [3.05, 3.63) is 40.9 Å². The number of halogens is 1. The maximum atomic E-state index is 3.50. The highest BCUT2D eigenvalue weighted by Crippen LogP contribution is 2.22. The quantitative estimate of drug-likeness (QED) is 0.737. The summed E-state index contributed by atoms with van der Waals surface area (Å²) in [4.78, 5) is 0. The average molecular weight is 324 g/mol. The van der Waals surface area contributed by atoms with Gasteiger partial charge in [-0.3, -0.25) is 0 Å². The molecular weight excluding hydrogens is 306 g/mol. The second kappa shape index (κ2) is 7.05. The summed E-state index contributed by atoms with van der Waals surface area (Å²) in [6.07, 6.45) is 1.22. The smallest absolute Gasteiger partial charge is 0.0346 e. The normalized spacial score (nSPS) is 10.8. The van der Waals surface area contributed by atoms with Crippen LogP contribution in [0.15, 0.2) is 40.9 Å². The summed E-state index contributed by atoms with van der Waals surface area (Å²) in [5.74, 6) is 2.45. The van der Waals surface area contributed by atoms with E-state index in [2.05, 4.69) is 64.6 Å². The number of rotatable bonds is 6. The van der Waals surface area contributed by atoms with E-state index in [9.17, 15) is 0 Å². The molecule has 0 radical (unpaired) electrons. The van der Waals surface area contributed by atoms with Crippen LogP contribution in [-0.2, 0) is 0 Å². The molecule has 0 fully saturated rings. The minimum Gasteiger partial charge on any atom is -0.385 e. The number of fused-ring (bicyclic) bond motifs is 1. The van der Waals surface area contributed by atoms with Crippen molar-refractivity contribution in [3.63, 3.8) is 0 Å². The second-order valence-electron chi connectivity index (χ2n) is 4.18. The molecule has 0 saturated carbocycles. The van der Waals surface area contributed by atoms with Crippen molar-refractivity contribution in [3.8, 4) is 0 Å². The van der Waals surface area contributed by atoms with Gasteiger partial charge < -0.3 is 5.32 Å². The minimum absolute atomic E-state index is 1.05. The third-order valence-electron chi connectivity index (χ3n) is 2.80. The van der Waals surface area contributed by atoms with Crippen LogP contribution in [0.2, 0.25) is 0 Å². The average Bonchev–Trinajstić information content (AvgIpc) is 2.38. The van der Waals surface area contributed by atoms with E-state index in [4.69, 9.17) is 0 Å². The van der Waals surface area contributed by atoms with Gasteiger partial charge in [0.15, 0.2) is 0 Å². The van der Waals surface area contributed by atoms with Crippen molar-refractivity contribution in [2.24, 2.45) is 0 Å². The van der Waals surface area contributed by atoms with Crippen molar-refractivity contribution >= 4 is 44.2 Å². The predicted octanol–water partition coefficient (Wildman–Crippen LogP) is 5.16. The topological polar surface area (TPSA) is 12.0 Å². The molecule has 0 aliphatic carbocycles. The Bertz CT molecular complexity index is 513. The molecule has 1 nitrogen and oxygen atoms in total. The van der Waals surface area contributed by atoms with Crippen molar-refractivity contribution in [2.45, 2.75) is 13.3 Å². The van der Waals surface area contributed by atoms with Gasteiger partial charge in [0.25, 0.3) is 0 Å². The zero-order valence-electron chi connectivity index (χ0n) is 10.6. The number of anilines is 1. The van der Waals surface area contributed by atoms with Gasteiger partial charge in [-0.15, -0.1) is 0 Å². The van der Waals surface area contributed by atoms with Gasteiger partial charge in [-0.2, -0.15) is 11.8 Å². The van der Waals surface area contributed by atoms with E-state index in [1.807, 2.05) is 11.8 Å². The Labute approximate surface area is 121 Å². The van der Waals surface area contributed by atoms with Crippen molar-refractivity contribution in [1.82, 2.24) is 0 Å². The van der Waals surface area contributed by atoms with Crippen LogP contribution in [0.25, 0.3) is 10.8 Å². The van der Waals surface area contributed by atoms with Crippen molar-refractivity contribution in [1.29, 1.82) is 0 Å². The Morgan fingerprint density at radius 3 is 2.72 bits per heavy atom. The Hall–Kier alpha value is -0.670. The third-order valence-corrected chi connectivity index (χ3v) is 4.28. The molecule has 2 aromatic rings. The molecule has 0 amide bonds. The summed E-state index contributed by atoms with van der Waals surface area (Å²) in [6.45, 7) is 3.26. The fourth-order valence-corrected chi connectivity index (χ4v) is 2.89. The molecule has 18 heavy (non-hydrogen) atoms. The van der Waals surface area contributed by atoms with E-state index < -0.39 is 0 Å². The molecule has 0 heterocycles. The summed E-state index contributed by atoms with van der Waals surface area (Å²) in [5, 5.41) is 6.04. The highest BCUT2D eigenvalue weighted by atomic mass is 79.9. The van der Waals surface area contributed by atoms with Crippen LogP contribution in [0.1, 0.15) is 13.3 Å². The molecule has 0 aliphatic rings. The van der Waals surface area contributed by atoms with Gasteiger partial charge in [0.2, 0.25) is 0 Å². The van der Waals surface area contributed by atoms with Gasteiger partial charge in [-0.25, -0.2) is 0 Å². The number of hydrogen-bond acceptors (Lipinski definition) is 2. The Balaban J connectivity index is 1.95. The van der Waals surface area contributed by atoms with Crippen LogP contribution in [0.3, 0.4) is 0 Å². The largest absolute Gasteiger partial charge is 0.385 e. The molecule has 0 aliphatic heterocycles. The first-order valence-electron chi connectivity index (χ1n) is 6.30. The molecule has 2 rings (SSSR count). The molecule has 0 bridgehead atoms. The maximum absolute atomic E-state index is 3.50. The fraction of sp³-hybridized carbons (Fsp3) is 0.333. The third kappa shape index (κ3) is 3.92. The molecule has 0 spiro atoms. The van der Waals surface area contributed by atoms with Gasteiger partial charge in [0.1, 0.15) is 0 Å². The minimum atomic E-state index is 1.05. The zero-order valence-corrected chi connectivity index (χ0v) is 13.0. The summed E-state index contributed by atoms with van der Waals surface area (Å²) >= 11 is 5.50. The van der Waals surface area contributed by atoms with Gasteiger partial charge in [0, 0.05) is 16.7 Å². The molecule has 96 valence electrons. The molecule has 3 heteroatoms. The molecule has 0 saturated heterocycles. The molecule has 1 N–H and O–H groups in total. The van der Waals surface area contributed by atoms with Crippen molar-refractivity contribution < 1.29 is 0 Å². The van der Waals surface area contributed by atoms with Crippen LogP contribution >= 0.6 is 27.7 Å². The number of hydrogen-bond donors (Lipinski definition) is 1. The van der Waals surface area contributed by atoms with Gasteiger partial charge >= 0.3 is 0 Å². The monoisotopic (exact) mass is 323 g/mol. The Morgan fingerprint density at radius 1 is 1.11 bits per heavy atom. The molecule has 0 unspecified atom stereocenters. The zero-order chi connectivity index (χ0) is 12.8. The SMILES string of the molecule is CCSCCCNc1ccc2cc(Br)ccc2c1. The number of nitrogens with one attached hydrogen (secondary N) is 1. The van der Waals surface area contributed by atoms with Crippen LogP contribution in [0.5, 0.6) is 0 Å². The summed E-state index contributed by atoms with van der Waals surface area (Å²) in [7, 11) is 0. The van der Waals surface area contributed by atoms with Gasteiger partial charge in [-0.05, 0) is 53.0 Å². The lowest BCUT2D eigenvalue weighted by Crippen LogP contribution is -2.02. The lowest BCUT2D eigenvalue weighted by Gasteiger charge is -2.07. The van der Waals surface area contributed by atoms with Crippen LogP contribution in [0.4, 0.5) is 5.69 Å². The van der Waals surface area contributed by atoms with E-state index >= 15 is 0 Å². The Morgan fingerprint density at radius 2 is 1.89 bits per heavy atom. The second-order valence-corrected chi connectivity index (χ2v) is 6.49. The Kier molecular flexibility index (Phi) is 5.39. The number of benzene rings is 2. The highest BCUT2D eigenvalue weighted by Gasteiger charge is 1.97. The first-order chi connectivity index (χ1) is 8.79. The fourth-order valence-electron chi connectivity index (χ4n) is 1.88. The van der Waals surface area contributed by atoms with Gasteiger partial charge in [-0.1, -0.05) is 35.0 Å². The van der Waals surface area contributed by atoms with Gasteiger partial charge in [0.05, 0.1) is 0 Å². The first-order valence-corrected chi connectivity index (χ1v) is 8.25. The molecule has 0 aromatic heterocycles. The summed E-state index contributed by atoms with van der Waals surface area (Å²) in [6, 6.07) is 12.9. The lowest BCUT2D eigenvalue weighted by molar-refractivity contribution is 0.992. The van der Waals surface area contributed by atoms with Crippen LogP contribution in [-0.4, -0.2) is 18.1 Å². The molecular formula is C15H18BrNS. The highest BCUT2D eigenvalue weighted by molar-refractivity contribution is 9.10. The predicted molar refractivity (Wildman–Crippen MR) is 87.8 cm³/mol. The summed E-state index contributed by atoms with van der Waals surface area (Å²) in [5.41, 5.74) is 1.21. The number of thioether (sulfide) groups is 1. The summed E-state index contributed by atoms with van der Waals surface area (Å²) < 4.78 is 1.13. The van der Waals surface area contributed by atoms with Crippen LogP contribution < -0.4 is 5.32 Å². The lowest BCUT2D eigenvalue weighted by atomic mass is 10.1. The maximum Gasteiger partial charge on any atom is 0.0346 e. The van der Waals surface area contributed by atoms with E-state index in [1.165, 1.54) is 34.4 Å².